The Morgan fingerprint density at radius 1 is 0.943 bits per heavy atom. The first-order valence-corrected chi connectivity index (χ1v) is 12.2. The van der Waals surface area contributed by atoms with Gasteiger partial charge in [-0.15, -0.1) is 0 Å². The standard InChI is InChI=1S/C28H30Cl2N2O3/c1-19(2)28(34)32(18-21-9-13-24(35-3)14-10-21)26(15-20-7-5-4-6-8-20)27(33)31-17-22-11-12-23(29)16-25(22)30/h4-14,16,19,26H,15,17-18H2,1-3H3,(H,31,33). The van der Waals surface area contributed by atoms with E-state index in [2.05, 4.69) is 5.32 Å². The summed E-state index contributed by atoms with van der Waals surface area (Å²) in [6.45, 7) is 4.21. The molecule has 0 saturated carbocycles. The molecule has 1 unspecified atom stereocenters. The lowest BCUT2D eigenvalue weighted by atomic mass is 10.0. The van der Waals surface area contributed by atoms with E-state index in [1.807, 2.05) is 68.4 Å². The van der Waals surface area contributed by atoms with E-state index in [0.29, 0.717) is 23.0 Å². The van der Waals surface area contributed by atoms with Crippen molar-refractivity contribution in [2.75, 3.05) is 7.11 Å². The van der Waals surface area contributed by atoms with Crippen LogP contribution in [0.1, 0.15) is 30.5 Å². The molecule has 0 aromatic heterocycles. The van der Waals surface area contributed by atoms with E-state index in [0.717, 1.165) is 22.4 Å². The second-order valence-corrected chi connectivity index (χ2v) is 9.47. The molecule has 3 rings (SSSR count). The Bertz CT molecular complexity index is 1130. The fourth-order valence-electron chi connectivity index (χ4n) is 3.75. The Balaban J connectivity index is 1.90. The van der Waals surface area contributed by atoms with Crippen molar-refractivity contribution in [3.05, 3.63) is 99.5 Å². The highest BCUT2D eigenvalue weighted by atomic mass is 35.5. The van der Waals surface area contributed by atoms with Crippen LogP contribution in [0, 0.1) is 5.92 Å². The summed E-state index contributed by atoms with van der Waals surface area (Å²) in [7, 11) is 1.61. The highest BCUT2D eigenvalue weighted by Crippen LogP contribution is 2.22. The van der Waals surface area contributed by atoms with Gasteiger partial charge in [0.1, 0.15) is 11.8 Å². The van der Waals surface area contributed by atoms with Gasteiger partial charge in [-0.2, -0.15) is 0 Å². The van der Waals surface area contributed by atoms with E-state index >= 15 is 0 Å². The monoisotopic (exact) mass is 512 g/mol. The van der Waals surface area contributed by atoms with Crippen molar-refractivity contribution in [3.8, 4) is 5.75 Å². The molecule has 7 heteroatoms. The fraction of sp³-hybridized carbons (Fsp3) is 0.286. The van der Waals surface area contributed by atoms with E-state index in [1.54, 1.807) is 30.2 Å². The number of carbonyl (C=O) groups is 2. The summed E-state index contributed by atoms with van der Waals surface area (Å²) in [6.07, 6.45) is 0.385. The zero-order valence-corrected chi connectivity index (χ0v) is 21.6. The van der Waals surface area contributed by atoms with Crippen LogP contribution in [0.3, 0.4) is 0 Å². The van der Waals surface area contributed by atoms with E-state index in [-0.39, 0.29) is 24.3 Å². The molecule has 0 bridgehead atoms. The number of nitrogens with one attached hydrogen (secondary N) is 1. The second kappa shape index (κ2) is 12.6. The van der Waals surface area contributed by atoms with Crippen molar-refractivity contribution >= 4 is 35.0 Å². The number of halogens is 2. The second-order valence-electron chi connectivity index (χ2n) is 8.63. The Morgan fingerprint density at radius 2 is 1.63 bits per heavy atom. The number of amides is 2. The topological polar surface area (TPSA) is 58.6 Å². The van der Waals surface area contributed by atoms with Gasteiger partial charge in [-0.25, -0.2) is 0 Å². The van der Waals surface area contributed by atoms with Crippen molar-refractivity contribution in [1.82, 2.24) is 10.2 Å². The number of hydrogen-bond donors (Lipinski definition) is 1. The average Bonchev–Trinajstić information content (AvgIpc) is 2.86. The van der Waals surface area contributed by atoms with Gasteiger partial charge in [-0.1, -0.05) is 85.6 Å². The van der Waals surface area contributed by atoms with Crippen molar-refractivity contribution in [3.63, 3.8) is 0 Å². The summed E-state index contributed by atoms with van der Waals surface area (Å²) < 4.78 is 5.25. The van der Waals surface area contributed by atoms with Crippen LogP contribution in [0.4, 0.5) is 0 Å². The molecule has 0 saturated heterocycles. The Morgan fingerprint density at radius 3 is 2.23 bits per heavy atom. The zero-order chi connectivity index (χ0) is 25.4. The smallest absolute Gasteiger partial charge is 0.243 e. The summed E-state index contributed by atoms with van der Waals surface area (Å²) in [6, 6.07) is 21.7. The normalized spacial score (nSPS) is 11.7. The highest BCUT2D eigenvalue weighted by molar-refractivity contribution is 6.35. The van der Waals surface area contributed by atoms with E-state index in [4.69, 9.17) is 27.9 Å². The van der Waals surface area contributed by atoms with Gasteiger partial charge >= 0.3 is 0 Å². The minimum absolute atomic E-state index is 0.0959. The molecule has 3 aromatic rings. The molecule has 2 amide bonds. The number of rotatable bonds is 10. The summed E-state index contributed by atoms with van der Waals surface area (Å²) in [5.74, 6) is 0.114. The fourth-order valence-corrected chi connectivity index (χ4v) is 4.22. The summed E-state index contributed by atoms with van der Waals surface area (Å²) in [4.78, 5) is 28.6. The van der Waals surface area contributed by atoms with Crippen molar-refractivity contribution in [2.24, 2.45) is 5.92 Å². The molecule has 0 aliphatic rings. The molecule has 5 nitrogen and oxygen atoms in total. The minimum atomic E-state index is -0.708. The van der Waals surface area contributed by atoms with Crippen LogP contribution in [-0.4, -0.2) is 29.9 Å². The van der Waals surface area contributed by atoms with Crippen LogP contribution in [0.5, 0.6) is 5.75 Å². The number of hydrogen-bond acceptors (Lipinski definition) is 3. The van der Waals surface area contributed by atoms with Gasteiger partial charge in [-0.3, -0.25) is 9.59 Å². The predicted octanol–water partition coefficient (Wildman–Crippen LogP) is 5.91. The maximum absolute atomic E-state index is 13.6. The van der Waals surface area contributed by atoms with Gasteiger partial charge in [0.25, 0.3) is 0 Å². The van der Waals surface area contributed by atoms with E-state index in [9.17, 15) is 9.59 Å². The van der Waals surface area contributed by atoms with Gasteiger partial charge in [0, 0.05) is 35.5 Å². The Hall–Kier alpha value is -3.02. The van der Waals surface area contributed by atoms with Gasteiger partial charge in [0.15, 0.2) is 0 Å². The summed E-state index contributed by atoms with van der Waals surface area (Å²) >= 11 is 12.3. The molecule has 0 heterocycles. The molecule has 0 radical (unpaired) electrons. The van der Waals surface area contributed by atoms with Crippen LogP contribution < -0.4 is 10.1 Å². The van der Waals surface area contributed by atoms with Crippen LogP contribution in [0.25, 0.3) is 0 Å². The molecule has 0 aliphatic carbocycles. The number of ether oxygens (including phenoxy) is 1. The lowest BCUT2D eigenvalue weighted by Gasteiger charge is -2.33. The third-order valence-corrected chi connectivity index (χ3v) is 6.29. The number of methoxy groups -OCH3 is 1. The zero-order valence-electron chi connectivity index (χ0n) is 20.1. The maximum Gasteiger partial charge on any atom is 0.243 e. The minimum Gasteiger partial charge on any atom is -0.497 e. The largest absolute Gasteiger partial charge is 0.497 e. The molecule has 1 N–H and O–H groups in total. The van der Waals surface area contributed by atoms with E-state index in [1.165, 1.54) is 0 Å². The first kappa shape index (κ1) is 26.6. The maximum atomic E-state index is 13.6. The van der Waals surface area contributed by atoms with Crippen LogP contribution in [0.15, 0.2) is 72.8 Å². The lowest BCUT2D eigenvalue weighted by molar-refractivity contribution is -0.143. The van der Waals surface area contributed by atoms with Crippen LogP contribution in [0.2, 0.25) is 10.0 Å². The first-order valence-electron chi connectivity index (χ1n) is 11.5. The molecule has 35 heavy (non-hydrogen) atoms. The Labute approximate surface area is 217 Å². The molecule has 0 spiro atoms. The molecule has 0 aliphatic heterocycles. The SMILES string of the molecule is COc1ccc(CN(C(=O)C(C)C)C(Cc2ccccc2)C(=O)NCc2ccc(Cl)cc2Cl)cc1. The molecule has 184 valence electrons. The van der Waals surface area contributed by atoms with Crippen molar-refractivity contribution in [2.45, 2.75) is 39.4 Å². The molecule has 1 atom stereocenters. The van der Waals surface area contributed by atoms with Gasteiger partial charge in [0.05, 0.1) is 7.11 Å². The number of nitrogens with zero attached hydrogens (tertiary/aromatic N) is 1. The molecule has 3 aromatic carbocycles. The highest BCUT2D eigenvalue weighted by Gasteiger charge is 2.31. The van der Waals surface area contributed by atoms with Crippen LogP contribution >= 0.6 is 23.2 Å². The van der Waals surface area contributed by atoms with Gasteiger partial charge in [-0.05, 0) is 41.0 Å². The average molecular weight is 513 g/mol. The van der Waals surface area contributed by atoms with E-state index < -0.39 is 6.04 Å². The van der Waals surface area contributed by atoms with Crippen molar-refractivity contribution < 1.29 is 14.3 Å². The van der Waals surface area contributed by atoms with Gasteiger partial charge < -0.3 is 15.0 Å². The first-order chi connectivity index (χ1) is 16.8. The lowest BCUT2D eigenvalue weighted by Crippen LogP contribution is -2.51. The summed E-state index contributed by atoms with van der Waals surface area (Å²) in [5.41, 5.74) is 2.62. The predicted molar refractivity (Wildman–Crippen MR) is 141 cm³/mol. The third-order valence-electron chi connectivity index (χ3n) is 5.71. The molecular formula is C28H30Cl2N2O3. The number of benzene rings is 3. The van der Waals surface area contributed by atoms with Crippen molar-refractivity contribution in [1.29, 1.82) is 0 Å². The summed E-state index contributed by atoms with van der Waals surface area (Å²) in [5, 5.41) is 3.98. The molecule has 0 fully saturated rings. The third kappa shape index (κ3) is 7.48. The van der Waals surface area contributed by atoms with Crippen LogP contribution in [-0.2, 0) is 29.1 Å². The molecular weight excluding hydrogens is 483 g/mol. The van der Waals surface area contributed by atoms with Gasteiger partial charge in [0.2, 0.25) is 11.8 Å². The number of carbonyl (C=O) groups excluding carboxylic acids is 2. The Kier molecular flexibility index (Phi) is 9.58. The quantitative estimate of drug-likeness (QED) is 0.367.